The van der Waals surface area contributed by atoms with Crippen molar-refractivity contribution in [1.29, 1.82) is 0 Å². The first kappa shape index (κ1) is 16.6. The van der Waals surface area contributed by atoms with Gasteiger partial charge in [-0.2, -0.15) is 0 Å². The van der Waals surface area contributed by atoms with Crippen molar-refractivity contribution in [3.05, 3.63) is 28.2 Å². The van der Waals surface area contributed by atoms with E-state index < -0.39 is 11.5 Å². The Hall–Kier alpha value is -0.770. The summed E-state index contributed by atoms with van der Waals surface area (Å²) in [5, 5.41) is 13.9. The fourth-order valence-corrected chi connectivity index (χ4v) is 4.04. The van der Waals surface area contributed by atoms with E-state index in [1.54, 1.807) is 18.2 Å². The molecule has 5 heteroatoms. The number of anilines is 1. The molecular weight excluding hydrogens is 309 g/mol. The standard InChI is InChI=1S/C16H21Cl2NO2/c1-15(2)7-13(20)8-16(3,9-15)14(21)19-12-5-10(17)4-11(18)6-12/h4-6,13,20H,7-9H2,1-3H3,(H,19,21). The van der Waals surface area contributed by atoms with Crippen LogP contribution < -0.4 is 5.32 Å². The molecule has 1 aliphatic carbocycles. The highest BCUT2D eigenvalue weighted by molar-refractivity contribution is 6.35. The van der Waals surface area contributed by atoms with Crippen LogP contribution in [0.25, 0.3) is 0 Å². The van der Waals surface area contributed by atoms with Crippen molar-refractivity contribution < 1.29 is 9.90 Å². The van der Waals surface area contributed by atoms with Gasteiger partial charge in [0.1, 0.15) is 0 Å². The van der Waals surface area contributed by atoms with E-state index in [1.807, 2.05) is 6.92 Å². The number of aliphatic hydroxyl groups is 1. The van der Waals surface area contributed by atoms with Crippen molar-refractivity contribution in [3.8, 4) is 0 Å². The van der Waals surface area contributed by atoms with Crippen molar-refractivity contribution in [2.75, 3.05) is 5.32 Å². The maximum atomic E-state index is 12.6. The predicted molar refractivity (Wildman–Crippen MR) is 86.8 cm³/mol. The van der Waals surface area contributed by atoms with Crippen molar-refractivity contribution in [1.82, 2.24) is 0 Å². The quantitative estimate of drug-likeness (QED) is 0.838. The summed E-state index contributed by atoms with van der Waals surface area (Å²) in [7, 11) is 0. The van der Waals surface area contributed by atoms with Crippen LogP contribution in [0.15, 0.2) is 18.2 Å². The molecule has 2 unspecified atom stereocenters. The fourth-order valence-electron chi connectivity index (χ4n) is 3.51. The molecule has 2 rings (SSSR count). The molecule has 0 radical (unpaired) electrons. The van der Waals surface area contributed by atoms with E-state index in [0.29, 0.717) is 22.2 Å². The van der Waals surface area contributed by atoms with Crippen LogP contribution in [0.5, 0.6) is 0 Å². The number of hydrogen-bond donors (Lipinski definition) is 2. The highest BCUT2D eigenvalue weighted by Gasteiger charge is 2.45. The summed E-state index contributed by atoms with van der Waals surface area (Å²) in [4.78, 5) is 12.6. The Balaban J connectivity index is 2.18. The molecule has 1 aliphatic rings. The first-order valence-corrected chi connectivity index (χ1v) is 7.81. The minimum Gasteiger partial charge on any atom is -0.393 e. The average molecular weight is 330 g/mol. The molecule has 0 aromatic heterocycles. The Kier molecular flexibility index (Phi) is 4.57. The zero-order valence-corrected chi connectivity index (χ0v) is 14.1. The monoisotopic (exact) mass is 329 g/mol. The lowest BCUT2D eigenvalue weighted by molar-refractivity contribution is -0.132. The summed E-state index contributed by atoms with van der Waals surface area (Å²) in [6.07, 6.45) is 1.47. The van der Waals surface area contributed by atoms with Gasteiger partial charge in [0.15, 0.2) is 0 Å². The Morgan fingerprint density at radius 1 is 1.19 bits per heavy atom. The maximum Gasteiger partial charge on any atom is 0.230 e. The molecular formula is C16H21Cl2NO2. The number of carbonyl (C=O) groups is 1. The van der Waals surface area contributed by atoms with Gasteiger partial charge in [-0.05, 0) is 42.9 Å². The van der Waals surface area contributed by atoms with Crippen molar-refractivity contribution in [2.24, 2.45) is 10.8 Å². The summed E-state index contributed by atoms with van der Waals surface area (Å²) in [5.41, 5.74) is -0.0808. The van der Waals surface area contributed by atoms with Gasteiger partial charge >= 0.3 is 0 Å². The summed E-state index contributed by atoms with van der Waals surface area (Å²) in [6.45, 7) is 6.06. The Labute approximate surface area is 135 Å². The molecule has 1 amide bonds. The summed E-state index contributed by atoms with van der Waals surface area (Å²) < 4.78 is 0. The van der Waals surface area contributed by atoms with Gasteiger partial charge in [0, 0.05) is 21.1 Å². The molecule has 2 N–H and O–H groups in total. The Bertz CT molecular complexity index is 539. The summed E-state index contributed by atoms with van der Waals surface area (Å²) in [6, 6.07) is 4.95. The number of aliphatic hydroxyl groups excluding tert-OH is 1. The van der Waals surface area contributed by atoms with E-state index >= 15 is 0 Å². The lowest BCUT2D eigenvalue weighted by atomic mass is 9.63. The lowest BCUT2D eigenvalue weighted by Crippen LogP contribution is -2.45. The van der Waals surface area contributed by atoms with Crippen molar-refractivity contribution in [3.63, 3.8) is 0 Å². The third-order valence-electron chi connectivity index (χ3n) is 4.01. The van der Waals surface area contributed by atoms with E-state index in [2.05, 4.69) is 19.2 Å². The minimum atomic E-state index is -0.601. The van der Waals surface area contributed by atoms with Crippen LogP contribution in [0.4, 0.5) is 5.69 Å². The number of halogens is 2. The summed E-state index contributed by atoms with van der Waals surface area (Å²) in [5.74, 6) is -0.104. The van der Waals surface area contributed by atoms with Crippen LogP contribution in [-0.2, 0) is 4.79 Å². The molecule has 21 heavy (non-hydrogen) atoms. The van der Waals surface area contributed by atoms with E-state index in [4.69, 9.17) is 23.2 Å². The number of benzene rings is 1. The third kappa shape index (κ3) is 4.12. The van der Waals surface area contributed by atoms with Crippen molar-refractivity contribution >= 4 is 34.8 Å². The molecule has 116 valence electrons. The molecule has 1 fully saturated rings. The molecule has 3 nitrogen and oxygen atoms in total. The van der Waals surface area contributed by atoms with Gasteiger partial charge in [0.25, 0.3) is 0 Å². The second-order valence-corrected chi connectivity index (χ2v) is 7.95. The molecule has 0 saturated heterocycles. The Morgan fingerprint density at radius 2 is 1.76 bits per heavy atom. The van der Waals surface area contributed by atoms with Crippen LogP contribution in [0.3, 0.4) is 0 Å². The molecule has 1 aromatic rings. The molecule has 0 heterocycles. The highest BCUT2D eigenvalue weighted by Crippen LogP contribution is 2.46. The van der Waals surface area contributed by atoms with Gasteiger partial charge in [-0.15, -0.1) is 0 Å². The average Bonchev–Trinajstić information content (AvgIpc) is 2.23. The van der Waals surface area contributed by atoms with E-state index in [-0.39, 0.29) is 11.3 Å². The predicted octanol–water partition coefficient (Wildman–Crippen LogP) is 4.51. The van der Waals surface area contributed by atoms with Gasteiger partial charge in [-0.25, -0.2) is 0 Å². The van der Waals surface area contributed by atoms with Gasteiger partial charge in [0.2, 0.25) is 5.91 Å². The molecule has 1 saturated carbocycles. The zero-order valence-electron chi connectivity index (χ0n) is 12.5. The van der Waals surface area contributed by atoms with Crippen LogP contribution in [-0.4, -0.2) is 17.1 Å². The number of rotatable bonds is 2. The first-order chi connectivity index (χ1) is 9.59. The van der Waals surface area contributed by atoms with Gasteiger partial charge in [0.05, 0.1) is 6.10 Å². The second kappa shape index (κ2) is 5.79. The highest BCUT2D eigenvalue weighted by atomic mass is 35.5. The number of nitrogens with one attached hydrogen (secondary N) is 1. The van der Waals surface area contributed by atoms with Crippen LogP contribution in [0, 0.1) is 10.8 Å². The second-order valence-electron chi connectivity index (χ2n) is 7.08. The number of carbonyl (C=O) groups excluding carboxylic acids is 1. The fraction of sp³-hybridized carbons (Fsp3) is 0.562. The minimum absolute atomic E-state index is 0.0598. The van der Waals surface area contributed by atoms with Crippen LogP contribution in [0.2, 0.25) is 10.0 Å². The maximum absolute atomic E-state index is 12.6. The smallest absolute Gasteiger partial charge is 0.230 e. The molecule has 0 aliphatic heterocycles. The Morgan fingerprint density at radius 3 is 2.29 bits per heavy atom. The third-order valence-corrected chi connectivity index (χ3v) is 4.45. The topological polar surface area (TPSA) is 49.3 Å². The van der Waals surface area contributed by atoms with Crippen LogP contribution >= 0.6 is 23.2 Å². The largest absolute Gasteiger partial charge is 0.393 e. The normalized spacial score (nSPS) is 28.2. The summed E-state index contributed by atoms with van der Waals surface area (Å²) >= 11 is 11.9. The van der Waals surface area contributed by atoms with Gasteiger partial charge in [-0.3, -0.25) is 4.79 Å². The SMILES string of the molecule is CC1(C)CC(O)CC(C)(C(=O)Nc2cc(Cl)cc(Cl)c2)C1. The van der Waals surface area contributed by atoms with Crippen LogP contribution in [0.1, 0.15) is 40.0 Å². The molecule has 0 spiro atoms. The first-order valence-electron chi connectivity index (χ1n) is 7.05. The molecule has 2 atom stereocenters. The van der Waals surface area contributed by atoms with E-state index in [0.717, 1.165) is 12.8 Å². The zero-order chi connectivity index (χ0) is 15.8. The lowest BCUT2D eigenvalue weighted by Gasteiger charge is -2.44. The van der Waals surface area contributed by atoms with Crippen molar-refractivity contribution in [2.45, 2.75) is 46.1 Å². The van der Waals surface area contributed by atoms with Gasteiger partial charge < -0.3 is 10.4 Å². The molecule has 0 bridgehead atoms. The number of amides is 1. The van der Waals surface area contributed by atoms with E-state index in [1.165, 1.54) is 0 Å². The van der Waals surface area contributed by atoms with E-state index in [9.17, 15) is 9.90 Å². The number of hydrogen-bond acceptors (Lipinski definition) is 2. The molecule has 1 aromatic carbocycles. The van der Waals surface area contributed by atoms with Gasteiger partial charge in [-0.1, -0.05) is 44.0 Å².